The first-order valence-electron chi connectivity index (χ1n) is 11.6. The van der Waals surface area contributed by atoms with Crippen LogP contribution in [-0.4, -0.2) is 52.2 Å². The number of likely N-dealkylation sites (tertiary alicyclic amines) is 1. The molecule has 7 nitrogen and oxygen atoms in total. The molecule has 2 aliphatic heterocycles. The van der Waals surface area contributed by atoms with Gasteiger partial charge in [0, 0.05) is 73.3 Å². The quantitative estimate of drug-likeness (QED) is 0.496. The molecule has 10 heteroatoms. The number of nitrogens with zero attached hydrogens (tertiary/aromatic N) is 4. The van der Waals surface area contributed by atoms with E-state index in [1.165, 1.54) is 24.4 Å². The van der Waals surface area contributed by atoms with E-state index in [-0.39, 0.29) is 35.5 Å². The molecule has 2 aromatic heterocycles. The van der Waals surface area contributed by atoms with E-state index in [0.717, 1.165) is 36.7 Å². The lowest BCUT2D eigenvalue weighted by Gasteiger charge is -2.33. The molecule has 5 rings (SSSR count). The number of aryl methyl sites for hydroxylation is 2. The lowest BCUT2D eigenvalue weighted by molar-refractivity contribution is -0.131. The van der Waals surface area contributed by atoms with Crippen LogP contribution in [0.4, 0.5) is 0 Å². The Morgan fingerprint density at radius 2 is 1.91 bits per heavy atom. The van der Waals surface area contributed by atoms with E-state index < -0.39 is 9.84 Å². The zero-order chi connectivity index (χ0) is 23.2. The number of sulfone groups is 1. The Balaban J connectivity index is 0.00000274. The van der Waals surface area contributed by atoms with Crippen LogP contribution in [0.1, 0.15) is 49.5 Å². The Morgan fingerprint density at radius 3 is 2.68 bits per heavy atom. The van der Waals surface area contributed by atoms with Crippen LogP contribution in [0.5, 0.6) is 0 Å². The van der Waals surface area contributed by atoms with Gasteiger partial charge in [-0.05, 0) is 49.9 Å². The highest BCUT2D eigenvalue weighted by Crippen LogP contribution is 2.31. The SMILES string of the molecule is Cl.Cn1c(S(=O)(=O)CCC(=O)N2CCC(c3cnc4n3CCCC4)CC2)cc2cc(Cl)ccc21. The van der Waals surface area contributed by atoms with Gasteiger partial charge in [0.2, 0.25) is 5.91 Å². The molecular weight excluding hydrogens is 495 g/mol. The Morgan fingerprint density at radius 1 is 1.15 bits per heavy atom. The topological polar surface area (TPSA) is 77.2 Å². The average molecular weight is 526 g/mol. The zero-order valence-corrected chi connectivity index (χ0v) is 21.6. The second-order valence-corrected chi connectivity index (χ2v) is 11.7. The smallest absolute Gasteiger partial charge is 0.223 e. The van der Waals surface area contributed by atoms with Crippen molar-refractivity contribution in [2.75, 3.05) is 18.8 Å². The summed E-state index contributed by atoms with van der Waals surface area (Å²) in [5.41, 5.74) is 2.10. The molecule has 0 N–H and O–H groups in total. The number of hydrogen-bond donors (Lipinski definition) is 0. The molecule has 0 radical (unpaired) electrons. The number of piperidine rings is 1. The fraction of sp³-hybridized carbons (Fsp3) is 0.500. The molecule has 0 saturated carbocycles. The van der Waals surface area contributed by atoms with Gasteiger partial charge in [-0.15, -0.1) is 12.4 Å². The van der Waals surface area contributed by atoms with E-state index in [0.29, 0.717) is 24.0 Å². The summed E-state index contributed by atoms with van der Waals surface area (Å²) in [6.07, 6.45) is 7.27. The van der Waals surface area contributed by atoms with Gasteiger partial charge in [0.25, 0.3) is 0 Å². The van der Waals surface area contributed by atoms with E-state index >= 15 is 0 Å². The minimum absolute atomic E-state index is 0. The van der Waals surface area contributed by atoms with Gasteiger partial charge in [0.05, 0.1) is 5.75 Å². The van der Waals surface area contributed by atoms with Crippen LogP contribution in [0.2, 0.25) is 5.02 Å². The fourth-order valence-electron chi connectivity index (χ4n) is 5.27. The number of carbonyl (C=O) groups is 1. The highest BCUT2D eigenvalue weighted by atomic mass is 35.5. The maximum Gasteiger partial charge on any atom is 0.223 e. The van der Waals surface area contributed by atoms with E-state index in [9.17, 15) is 13.2 Å². The van der Waals surface area contributed by atoms with Crippen molar-refractivity contribution in [2.24, 2.45) is 7.05 Å². The molecule has 1 fully saturated rings. The molecule has 0 aliphatic carbocycles. The van der Waals surface area contributed by atoms with Gasteiger partial charge in [-0.2, -0.15) is 0 Å². The predicted molar refractivity (Wildman–Crippen MR) is 136 cm³/mol. The van der Waals surface area contributed by atoms with Crippen molar-refractivity contribution < 1.29 is 13.2 Å². The molecular formula is C24H30Cl2N4O3S. The van der Waals surface area contributed by atoms with E-state index in [1.807, 2.05) is 17.2 Å². The number of hydrogen-bond acceptors (Lipinski definition) is 4. The Hall–Kier alpha value is -2.03. The van der Waals surface area contributed by atoms with Crippen molar-refractivity contribution in [1.82, 2.24) is 19.0 Å². The summed E-state index contributed by atoms with van der Waals surface area (Å²) in [5, 5.41) is 1.56. The van der Waals surface area contributed by atoms with Crippen LogP contribution < -0.4 is 0 Å². The highest BCUT2D eigenvalue weighted by molar-refractivity contribution is 7.91. The molecule has 3 aromatic rings. The molecule has 1 aromatic carbocycles. The van der Waals surface area contributed by atoms with Crippen LogP contribution in [-0.2, 0) is 34.6 Å². The minimum atomic E-state index is -3.60. The number of amides is 1. The van der Waals surface area contributed by atoms with Crippen LogP contribution in [0, 0.1) is 0 Å². The summed E-state index contributed by atoms with van der Waals surface area (Å²) in [6, 6.07) is 6.94. The van der Waals surface area contributed by atoms with Gasteiger partial charge in [-0.3, -0.25) is 4.79 Å². The second-order valence-electron chi connectivity index (χ2n) is 9.18. The average Bonchev–Trinajstić information content (AvgIpc) is 3.39. The van der Waals surface area contributed by atoms with Crippen molar-refractivity contribution in [3.63, 3.8) is 0 Å². The van der Waals surface area contributed by atoms with Crippen molar-refractivity contribution in [3.8, 4) is 0 Å². The summed E-state index contributed by atoms with van der Waals surface area (Å²) in [4.78, 5) is 19.2. The first kappa shape index (κ1) is 25.1. The Kier molecular flexibility index (Phi) is 7.31. The van der Waals surface area contributed by atoms with E-state index in [2.05, 4.69) is 9.55 Å². The molecule has 1 saturated heterocycles. The maximum atomic E-state index is 13.0. The number of rotatable bonds is 5. The van der Waals surface area contributed by atoms with Crippen LogP contribution in [0.15, 0.2) is 35.5 Å². The van der Waals surface area contributed by atoms with Gasteiger partial charge >= 0.3 is 0 Å². The monoisotopic (exact) mass is 524 g/mol. The summed E-state index contributed by atoms with van der Waals surface area (Å²) in [6.45, 7) is 2.37. The molecule has 1 amide bonds. The molecule has 0 spiro atoms. The molecule has 4 heterocycles. The van der Waals surface area contributed by atoms with Crippen LogP contribution in [0.25, 0.3) is 10.9 Å². The number of aromatic nitrogens is 3. The second kappa shape index (κ2) is 9.91. The van der Waals surface area contributed by atoms with E-state index in [1.54, 1.807) is 29.8 Å². The van der Waals surface area contributed by atoms with Crippen molar-refractivity contribution >= 4 is 50.7 Å². The summed E-state index contributed by atoms with van der Waals surface area (Å²) < 4.78 is 30.0. The maximum absolute atomic E-state index is 13.0. The summed E-state index contributed by atoms with van der Waals surface area (Å²) in [7, 11) is -1.87. The van der Waals surface area contributed by atoms with Gasteiger partial charge in [0.15, 0.2) is 9.84 Å². The number of fused-ring (bicyclic) bond motifs is 2. The van der Waals surface area contributed by atoms with Gasteiger partial charge in [-0.1, -0.05) is 11.6 Å². The lowest BCUT2D eigenvalue weighted by atomic mass is 9.93. The molecule has 2 aliphatic rings. The van der Waals surface area contributed by atoms with Crippen molar-refractivity contribution in [3.05, 3.63) is 47.0 Å². The number of imidazole rings is 1. The Bertz CT molecular complexity index is 1310. The first-order valence-corrected chi connectivity index (χ1v) is 13.7. The highest BCUT2D eigenvalue weighted by Gasteiger charge is 2.29. The predicted octanol–water partition coefficient (Wildman–Crippen LogP) is 4.36. The van der Waals surface area contributed by atoms with Crippen molar-refractivity contribution in [2.45, 2.75) is 56.0 Å². The summed E-state index contributed by atoms with van der Waals surface area (Å²) >= 11 is 6.05. The third-order valence-corrected chi connectivity index (χ3v) is 9.14. The molecule has 0 bridgehead atoms. The fourth-order valence-corrected chi connectivity index (χ4v) is 6.92. The molecule has 184 valence electrons. The number of carbonyl (C=O) groups excluding carboxylic acids is 1. The normalized spacial score (nSPS) is 16.9. The van der Waals surface area contributed by atoms with Crippen LogP contribution in [0.3, 0.4) is 0 Å². The molecule has 0 atom stereocenters. The zero-order valence-electron chi connectivity index (χ0n) is 19.2. The largest absolute Gasteiger partial charge is 0.343 e. The van der Waals surface area contributed by atoms with Gasteiger partial charge < -0.3 is 14.0 Å². The number of benzene rings is 1. The van der Waals surface area contributed by atoms with Crippen molar-refractivity contribution in [1.29, 1.82) is 0 Å². The number of halogens is 2. The standard InChI is InChI=1S/C24H29ClN4O3S.ClH/c1-27-20-6-5-19(25)14-18(20)15-24(27)33(31,32)13-9-23(30)28-11-7-17(8-12-28)21-16-26-22-4-2-3-10-29(21)22;/h5-6,14-17H,2-4,7-13H2,1H3;1H. The third-order valence-electron chi connectivity index (χ3n) is 7.13. The van der Waals surface area contributed by atoms with Crippen LogP contribution >= 0.6 is 24.0 Å². The Labute approximate surface area is 211 Å². The van der Waals surface area contributed by atoms with Gasteiger partial charge in [-0.25, -0.2) is 13.4 Å². The summed E-state index contributed by atoms with van der Waals surface area (Å²) in [5.74, 6) is 1.32. The third kappa shape index (κ3) is 4.72. The lowest BCUT2D eigenvalue weighted by Crippen LogP contribution is -2.39. The van der Waals surface area contributed by atoms with Gasteiger partial charge in [0.1, 0.15) is 10.9 Å². The first-order chi connectivity index (χ1) is 15.8. The molecule has 0 unspecified atom stereocenters. The van der Waals surface area contributed by atoms with E-state index in [4.69, 9.17) is 11.6 Å². The minimum Gasteiger partial charge on any atom is -0.343 e. The molecule has 34 heavy (non-hydrogen) atoms.